The van der Waals surface area contributed by atoms with Crippen LogP contribution in [0.2, 0.25) is 0 Å². The number of rotatable bonds is 3. The van der Waals surface area contributed by atoms with Gasteiger partial charge >= 0.3 is 0 Å². The third kappa shape index (κ3) is 2.05. The largest absolute Gasteiger partial charge is 0.497 e. The van der Waals surface area contributed by atoms with Crippen molar-refractivity contribution in [3.63, 3.8) is 0 Å². The van der Waals surface area contributed by atoms with Crippen molar-refractivity contribution in [1.82, 2.24) is 0 Å². The van der Waals surface area contributed by atoms with Crippen LogP contribution in [0.5, 0.6) is 5.75 Å². The Balaban J connectivity index is 1.70. The monoisotopic (exact) mass is 328 g/mol. The van der Waals surface area contributed by atoms with Crippen LogP contribution < -0.4 is 4.74 Å². The highest BCUT2D eigenvalue weighted by molar-refractivity contribution is 5.41. The first-order chi connectivity index (χ1) is 11.6. The van der Waals surface area contributed by atoms with Gasteiger partial charge in [-0.05, 0) is 92.4 Å². The van der Waals surface area contributed by atoms with E-state index in [4.69, 9.17) is 4.74 Å². The van der Waals surface area contributed by atoms with Crippen molar-refractivity contribution in [2.45, 2.75) is 76.7 Å². The Hall–Kier alpha value is -1.02. The van der Waals surface area contributed by atoms with Gasteiger partial charge in [0.1, 0.15) is 5.75 Å². The number of methoxy groups -OCH3 is 1. The molecule has 1 aromatic rings. The number of hydrogen-bond acceptors (Lipinski definition) is 2. The molecule has 0 radical (unpaired) electrons. The molecule has 1 aromatic carbocycles. The van der Waals surface area contributed by atoms with Gasteiger partial charge in [0.25, 0.3) is 0 Å². The van der Waals surface area contributed by atoms with Gasteiger partial charge in [0, 0.05) is 5.41 Å². The molecule has 2 saturated carbocycles. The molecular formula is C22H32O2. The molecule has 0 bridgehead atoms. The van der Waals surface area contributed by atoms with Crippen molar-refractivity contribution < 1.29 is 9.84 Å². The average molecular weight is 328 g/mol. The minimum absolute atomic E-state index is 0.174. The molecule has 0 aromatic heterocycles. The standard InChI is InChI=1S/C22H32O2/c1-4-21-12-10-18-17-9-7-16(24-3)14-15(17)6-8-19(18)20(21)11-13-22(21,23)5-2/h7,9,14,18-20,23H,4-6,8,10-13H2,1-3H3/t18-,19-,20+,21+,22+/m1/s1. The lowest BCUT2D eigenvalue weighted by atomic mass is 9.51. The first kappa shape index (κ1) is 16.4. The van der Waals surface area contributed by atoms with Crippen molar-refractivity contribution in [2.75, 3.05) is 7.11 Å². The second kappa shape index (κ2) is 5.76. The Kier molecular flexibility index (Phi) is 3.95. The van der Waals surface area contributed by atoms with Crippen LogP contribution in [-0.4, -0.2) is 17.8 Å². The molecule has 0 heterocycles. The van der Waals surface area contributed by atoms with Gasteiger partial charge in [-0.15, -0.1) is 0 Å². The molecular weight excluding hydrogens is 296 g/mol. The van der Waals surface area contributed by atoms with Crippen molar-refractivity contribution in [2.24, 2.45) is 17.3 Å². The van der Waals surface area contributed by atoms with Crippen molar-refractivity contribution >= 4 is 0 Å². The lowest BCUT2D eigenvalue weighted by Crippen LogP contribution is -2.52. The summed E-state index contributed by atoms with van der Waals surface area (Å²) in [5, 5.41) is 11.4. The summed E-state index contributed by atoms with van der Waals surface area (Å²) in [5.41, 5.74) is 2.83. The topological polar surface area (TPSA) is 29.5 Å². The summed E-state index contributed by atoms with van der Waals surface area (Å²) < 4.78 is 5.43. The molecule has 2 fully saturated rings. The zero-order chi connectivity index (χ0) is 16.9. The number of benzene rings is 1. The zero-order valence-electron chi connectivity index (χ0n) is 15.5. The molecule has 2 nitrogen and oxygen atoms in total. The van der Waals surface area contributed by atoms with Gasteiger partial charge in [0.05, 0.1) is 12.7 Å². The fourth-order valence-electron chi connectivity index (χ4n) is 6.91. The third-order valence-electron chi connectivity index (χ3n) is 8.15. The highest BCUT2D eigenvalue weighted by atomic mass is 16.5. The Morgan fingerprint density at radius 1 is 1.12 bits per heavy atom. The van der Waals surface area contributed by atoms with Crippen LogP contribution in [-0.2, 0) is 6.42 Å². The van der Waals surface area contributed by atoms with E-state index < -0.39 is 5.60 Å². The van der Waals surface area contributed by atoms with Crippen molar-refractivity contribution in [3.05, 3.63) is 29.3 Å². The van der Waals surface area contributed by atoms with E-state index in [1.807, 2.05) is 0 Å². The SMILES string of the molecule is CC[C@]1(O)CC[C@H]2[C@@H]3CCc4cc(OC)ccc4[C@H]3CC[C@@]21CC. The zero-order valence-corrected chi connectivity index (χ0v) is 15.5. The number of fused-ring (bicyclic) bond motifs is 5. The van der Waals surface area contributed by atoms with Gasteiger partial charge < -0.3 is 9.84 Å². The second-order valence-electron chi connectivity index (χ2n) is 8.45. The maximum Gasteiger partial charge on any atom is 0.119 e. The van der Waals surface area contributed by atoms with E-state index in [-0.39, 0.29) is 5.41 Å². The predicted octanol–water partition coefficient (Wildman–Crippen LogP) is 5.08. The minimum Gasteiger partial charge on any atom is -0.497 e. The molecule has 3 aliphatic rings. The van der Waals surface area contributed by atoms with Crippen molar-refractivity contribution in [1.29, 1.82) is 0 Å². The fraction of sp³-hybridized carbons (Fsp3) is 0.727. The summed E-state index contributed by atoms with van der Waals surface area (Å²) in [6.07, 6.45) is 9.21. The summed E-state index contributed by atoms with van der Waals surface area (Å²) in [7, 11) is 1.76. The molecule has 0 amide bonds. The summed E-state index contributed by atoms with van der Waals surface area (Å²) in [6.45, 7) is 4.51. The Morgan fingerprint density at radius 3 is 2.67 bits per heavy atom. The molecule has 0 unspecified atom stereocenters. The van der Waals surface area contributed by atoms with E-state index in [2.05, 4.69) is 32.0 Å². The maximum absolute atomic E-state index is 11.4. The molecule has 3 aliphatic carbocycles. The van der Waals surface area contributed by atoms with Crippen LogP contribution >= 0.6 is 0 Å². The molecule has 0 aliphatic heterocycles. The maximum atomic E-state index is 11.4. The van der Waals surface area contributed by atoms with Gasteiger partial charge in [-0.25, -0.2) is 0 Å². The van der Waals surface area contributed by atoms with E-state index in [1.165, 1.54) is 37.7 Å². The Morgan fingerprint density at radius 2 is 1.96 bits per heavy atom. The number of aliphatic hydroxyl groups is 1. The second-order valence-corrected chi connectivity index (χ2v) is 8.45. The number of ether oxygens (including phenoxy) is 1. The fourth-order valence-corrected chi connectivity index (χ4v) is 6.91. The molecule has 0 spiro atoms. The van der Waals surface area contributed by atoms with Crippen LogP contribution in [0.1, 0.15) is 75.8 Å². The smallest absolute Gasteiger partial charge is 0.119 e. The van der Waals surface area contributed by atoms with E-state index in [1.54, 1.807) is 12.7 Å². The Labute approximate surface area is 146 Å². The molecule has 5 atom stereocenters. The van der Waals surface area contributed by atoms with E-state index in [0.29, 0.717) is 11.8 Å². The van der Waals surface area contributed by atoms with Crippen LogP contribution in [0.15, 0.2) is 18.2 Å². The molecule has 1 N–H and O–H groups in total. The van der Waals surface area contributed by atoms with Crippen LogP contribution in [0.3, 0.4) is 0 Å². The van der Waals surface area contributed by atoms with Crippen LogP contribution in [0, 0.1) is 17.3 Å². The number of hydrogen-bond donors (Lipinski definition) is 1. The van der Waals surface area contributed by atoms with Gasteiger partial charge in [-0.3, -0.25) is 0 Å². The summed E-state index contributed by atoms with van der Waals surface area (Å²) >= 11 is 0. The van der Waals surface area contributed by atoms with E-state index in [0.717, 1.165) is 30.9 Å². The minimum atomic E-state index is -0.419. The number of aryl methyl sites for hydroxylation is 1. The molecule has 132 valence electrons. The van der Waals surface area contributed by atoms with Crippen molar-refractivity contribution in [3.8, 4) is 5.75 Å². The van der Waals surface area contributed by atoms with Gasteiger partial charge in [-0.1, -0.05) is 19.9 Å². The third-order valence-corrected chi connectivity index (χ3v) is 8.15. The first-order valence-electron chi connectivity index (χ1n) is 9.97. The molecule has 4 rings (SSSR count). The lowest BCUT2D eigenvalue weighted by Gasteiger charge is -2.54. The van der Waals surface area contributed by atoms with Crippen LogP contribution in [0.4, 0.5) is 0 Å². The molecule has 2 heteroatoms. The normalized spacial score (nSPS) is 40.6. The van der Waals surface area contributed by atoms with E-state index in [9.17, 15) is 5.11 Å². The predicted molar refractivity (Wildman–Crippen MR) is 97.5 cm³/mol. The summed E-state index contributed by atoms with van der Waals surface area (Å²) in [6, 6.07) is 6.72. The quantitative estimate of drug-likeness (QED) is 0.838. The lowest BCUT2D eigenvalue weighted by molar-refractivity contribution is -0.118. The van der Waals surface area contributed by atoms with Gasteiger partial charge in [-0.2, -0.15) is 0 Å². The first-order valence-corrected chi connectivity index (χ1v) is 9.97. The average Bonchev–Trinajstić information content (AvgIpc) is 2.94. The summed E-state index contributed by atoms with van der Waals surface area (Å²) in [4.78, 5) is 0. The van der Waals surface area contributed by atoms with Gasteiger partial charge in [0.2, 0.25) is 0 Å². The summed E-state index contributed by atoms with van der Waals surface area (Å²) in [5.74, 6) is 3.16. The highest BCUT2D eigenvalue weighted by Gasteiger charge is 2.62. The molecule has 24 heavy (non-hydrogen) atoms. The highest BCUT2D eigenvalue weighted by Crippen LogP contribution is 2.66. The van der Waals surface area contributed by atoms with Crippen LogP contribution in [0.25, 0.3) is 0 Å². The Bertz CT molecular complexity index is 624. The van der Waals surface area contributed by atoms with Gasteiger partial charge in [0.15, 0.2) is 0 Å². The van der Waals surface area contributed by atoms with E-state index >= 15 is 0 Å². The molecule has 0 saturated heterocycles.